The molecule has 4 nitrogen and oxygen atoms in total. The fraction of sp³-hybridized carbons (Fsp3) is 0.467. The molecule has 0 saturated carbocycles. The molecule has 0 N–H and O–H groups in total. The van der Waals surface area contributed by atoms with Gasteiger partial charge in [-0.05, 0) is 31.9 Å². The van der Waals surface area contributed by atoms with E-state index in [2.05, 4.69) is 0 Å². The monoisotopic (exact) mass is 260 g/mol. The molecule has 0 unspecified atom stereocenters. The molecule has 0 aromatic heterocycles. The van der Waals surface area contributed by atoms with Crippen LogP contribution in [0, 0.1) is 0 Å². The lowest BCUT2D eigenvalue weighted by Gasteiger charge is -2.30. The third-order valence-electron chi connectivity index (χ3n) is 3.63. The van der Waals surface area contributed by atoms with Gasteiger partial charge in [-0.2, -0.15) is 0 Å². The Bertz CT molecular complexity index is 481. The van der Waals surface area contributed by atoms with Gasteiger partial charge in [0.05, 0.1) is 0 Å². The van der Waals surface area contributed by atoms with E-state index in [1.165, 1.54) is 0 Å². The van der Waals surface area contributed by atoms with Gasteiger partial charge in [-0.15, -0.1) is 0 Å². The lowest BCUT2D eigenvalue weighted by Crippen LogP contribution is -2.45. The summed E-state index contributed by atoms with van der Waals surface area (Å²) in [5.41, 5.74) is 1.82. The number of rotatable bonds is 4. The van der Waals surface area contributed by atoms with Crippen LogP contribution in [0.1, 0.15) is 29.8 Å². The second kappa shape index (κ2) is 5.87. The normalized spacial score (nSPS) is 14.2. The first-order valence-corrected chi connectivity index (χ1v) is 6.82. The lowest BCUT2D eigenvalue weighted by molar-refractivity contribution is -0.131. The molecule has 0 radical (unpaired) electrons. The predicted octanol–water partition coefficient (Wildman–Crippen LogP) is 1.55. The molecule has 1 aromatic rings. The Morgan fingerprint density at radius 2 is 1.95 bits per heavy atom. The molecular weight excluding hydrogens is 240 g/mol. The minimum Gasteiger partial charge on any atom is -0.342 e. The van der Waals surface area contributed by atoms with Crippen molar-refractivity contribution in [2.75, 3.05) is 26.2 Å². The maximum Gasteiger partial charge on any atom is 0.254 e. The summed E-state index contributed by atoms with van der Waals surface area (Å²) in [5, 5.41) is 0. The van der Waals surface area contributed by atoms with Crippen LogP contribution in [0.5, 0.6) is 0 Å². The van der Waals surface area contributed by atoms with E-state index < -0.39 is 0 Å². The van der Waals surface area contributed by atoms with Gasteiger partial charge < -0.3 is 9.80 Å². The lowest BCUT2D eigenvalue weighted by atomic mass is 9.99. The molecule has 0 aliphatic carbocycles. The van der Waals surface area contributed by atoms with Crippen LogP contribution in [-0.2, 0) is 11.2 Å². The largest absolute Gasteiger partial charge is 0.342 e. The van der Waals surface area contributed by atoms with Crippen LogP contribution in [0.3, 0.4) is 0 Å². The highest BCUT2D eigenvalue weighted by molar-refractivity contribution is 5.98. The number of nitrogens with zero attached hydrogens (tertiary/aromatic N) is 2. The molecule has 1 heterocycles. The van der Waals surface area contributed by atoms with Crippen molar-refractivity contribution in [2.45, 2.75) is 20.3 Å². The zero-order valence-electron chi connectivity index (χ0n) is 11.6. The molecule has 2 amide bonds. The second-order valence-corrected chi connectivity index (χ2v) is 4.70. The maximum atomic E-state index is 12.3. The number of fused-ring (bicyclic) bond motifs is 1. The summed E-state index contributed by atoms with van der Waals surface area (Å²) in [4.78, 5) is 27.8. The van der Waals surface area contributed by atoms with Crippen molar-refractivity contribution in [3.8, 4) is 0 Å². The fourth-order valence-corrected chi connectivity index (χ4v) is 2.46. The molecule has 2 rings (SSSR count). The van der Waals surface area contributed by atoms with Gasteiger partial charge in [0.2, 0.25) is 5.91 Å². The molecule has 0 fully saturated rings. The smallest absolute Gasteiger partial charge is 0.254 e. The Balaban J connectivity index is 2.08. The summed E-state index contributed by atoms with van der Waals surface area (Å²) >= 11 is 0. The number of carbonyl (C=O) groups excluding carboxylic acids is 2. The number of hydrogen-bond acceptors (Lipinski definition) is 2. The van der Waals surface area contributed by atoms with Gasteiger partial charge in [-0.3, -0.25) is 9.59 Å². The first-order valence-electron chi connectivity index (χ1n) is 6.82. The number of amides is 2. The summed E-state index contributed by atoms with van der Waals surface area (Å²) in [5.74, 6) is 0.0000808. The van der Waals surface area contributed by atoms with Crippen molar-refractivity contribution in [1.82, 2.24) is 9.80 Å². The minimum absolute atomic E-state index is 0.0256. The molecule has 4 heteroatoms. The molecule has 0 saturated heterocycles. The Morgan fingerprint density at radius 3 is 2.63 bits per heavy atom. The highest BCUT2D eigenvalue weighted by Gasteiger charge is 2.26. The Hall–Kier alpha value is -1.84. The van der Waals surface area contributed by atoms with E-state index in [9.17, 15) is 9.59 Å². The second-order valence-electron chi connectivity index (χ2n) is 4.70. The first kappa shape index (κ1) is 13.6. The molecule has 0 spiro atoms. The molecule has 0 bridgehead atoms. The number of carbonyl (C=O) groups is 2. The van der Waals surface area contributed by atoms with Crippen molar-refractivity contribution in [1.29, 1.82) is 0 Å². The molecule has 19 heavy (non-hydrogen) atoms. The van der Waals surface area contributed by atoms with Crippen LogP contribution in [-0.4, -0.2) is 47.8 Å². The van der Waals surface area contributed by atoms with Gasteiger partial charge >= 0.3 is 0 Å². The molecule has 1 aliphatic rings. The number of benzene rings is 1. The van der Waals surface area contributed by atoms with Crippen LogP contribution < -0.4 is 0 Å². The topological polar surface area (TPSA) is 40.6 Å². The zero-order valence-corrected chi connectivity index (χ0v) is 11.6. The van der Waals surface area contributed by atoms with E-state index in [4.69, 9.17) is 0 Å². The van der Waals surface area contributed by atoms with Crippen molar-refractivity contribution in [3.05, 3.63) is 35.4 Å². The summed E-state index contributed by atoms with van der Waals surface area (Å²) in [6, 6.07) is 7.64. The van der Waals surface area contributed by atoms with Crippen molar-refractivity contribution in [2.24, 2.45) is 0 Å². The molecule has 1 aliphatic heterocycles. The summed E-state index contributed by atoms with van der Waals surface area (Å²) in [6.45, 7) is 6.10. The average molecular weight is 260 g/mol. The molecular formula is C15H20N2O2. The summed E-state index contributed by atoms with van der Waals surface area (Å²) < 4.78 is 0. The van der Waals surface area contributed by atoms with Crippen LogP contribution in [0.15, 0.2) is 24.3 Å². The number of likely N-dealkylation sites (N-methyl/N-ethyl adjacent to an activating group) is 1. The first-order chi connectivity index (χ1) is 9.17. The van der Waals surface area contributed by atoms with Gasteiger partial charge in [0.1, 0.15) is 6.54 Å². The van der Waals surface area contributed by atoms with Crippen molar-refractivity contribution in [3.63, 3.8) is 0 Å². The maximum absolute atomic E-state index is 12.3. The molecule has 0 atom stereocenters. The van der Waals surface area contributed by atoms with E-state index in [0.29, 0.717) is 19.6 Å². The Kier molecular flexibility index (Phi) is 4.20. The average Bonchev–Trinajstić information content (AvgIpc) is 2.43. The third kappa shape index (κ3) is 2.78. The zero-order chi connectivity index (χ0) is 13.8. The van der Waals surface area contributed by atoms with E-state index in [1.54, 1.807) is 9.80 Å². The standard InChI is InChI=1S/C15H20N2O2/c1-3-16(4-2)14(18)11-17-10-9-12-7-5-6-8-13(12)15(17)19/h5-8H,3-4,9-11H2,1-2H3. The van der Waals surface area contributed by atoms with Crippen molar-refractivity contribution < 1.29 is 9.59 Å². The van der Waals surface area contributed by atoms with Gasteiger partial charge in [0.15, 0.2) is 0 Å². The van der Waals surface area contributed by atoms with Gasteiger partial charge in [0, 0.05) is 25.2 Å². The SMILES string of the molecule is CCN(CC)C(=O)CN1CCc2ccccc2C1=O. The minimum atomic E-state index is -0.0256. The van der Waals surface area contributed by atoms with Crippen molar-refractivity contribution >= 4 is 11.8 Å². The van der Waals surface area contributed by atoms with E-state index >= 15 is 0 Å². The predicted molar refractivity (Wildman–Crippen MR) is 74.0 cm³/mol. The van der Waals surface area contributed by atoms with E-state index in [-0.39, 0.29) is 18.4 Å². The van der Waals surface area contributed by atoms with Gasteiger partial charge in [-0.25, -0.2) is 0 Å². The van der Waals surface area contributed by atoms with Crippen LogP contribution in [0.2, 0.25) is 0 Å². The van der Waals surface area contributed by atoms with Gasteiger partial charge in [0.25, 0.3) is 5.91 Å². The van der Waals surface area contributed by atoms with Crippen LogP contribution >= 0.6 is 0 Å². The van der Waals surface area contributed by atoms with E-state index in [1.807, 2.05) is 38.1 Å². The quantitative estimate of drug-likeness (QED) is 0.824. The summed E-state index contributed by atoms with van der Waals surface area (Å²) in [7, 11) is 0. The molecule has 1 aromatic carbocycles. The third-order valence-corrected chi connectivity index (χ3v) is 3.63. The highest BCUT2D eigenvalue weighted by Crippen LogP contribution is 2.18. The van der Waals surface area contributed by atoms with Crippen LogP contribution in [0.4, 0.5) is 0 Å². The van der Waals surface area contributed by atoms with Crippen LogP contribution in [0.25, 0.3) is 0 Å². The highest BCUT2D eigenvalue weighted by atomic mass is 16.2. The summed E-state index contributed by atoms with van der Waals surface area (Å²) in [6.07, 6.45) is 0.827. The molecule has 102 valence electrons. The van der Waals surface area contributed by atoms with Gasteiger partial charge in [-0.1, -0.05) is 18.2 Å². The fourth-order valence-electron chi connectivity index (χ4n) is 2.46. The Morgan fingerprint density at radius 1 is 1.26 bits per heavy atom. The van der Waals surface area contributed by atoms with E-state index in [0.717, 1.165) is 17.5 Å². The number of hydrogen-bond donors (Lipinski definition) is 0. The Labute approximate surface area is 114 Å².